The predicted octanol–water partition coefficient (Wildman–Crippen LogP) is 3.36. The quantitative estimate of drug-likeness (QED) is 0.755. The topological polar surface area (TPSA) is 43.1 Å². The van der Waals surface area contributed by atoms with Gasteiger partial charge in [-0.25, -0.2) is 4.98 Å². The number of oxazole rings is 1. The summed E-state index contributed by atoms with van der Waals surface area (Å²) in [5, 5.41) is 0. The van der Waals surface area contributed by atoms with Gasteiger partial charge in [0, 0.05) is 13.0 Å². The molecule has 0 unspecified atom stereocenters. The van der Waals surface area contributed by atoms with Crippen LogP contribution in [0.15, 0.2) is 34.7 Å². The van der Waals surface area contributed by atoms with Crippen LogP contribution in [0.25, 0.3) is 12.2 Å². The second-order valence-electron chi connectivity index (χ2n) is 3.76. The van der Waals surface area contributed by atoms with Crippen LogP contribution in [0.2, 0.25) is 0 Å². The third kappa shape index (κ3) is 2.69. The maximum atomic E-state index is 11.2. The monoisotopic (exact) mass is 227 g/mol. The minimum Gasteiger partial charge on any atom is -0.441 e. The van der Waals surface area contributed by atoms with Crippen LogP contribution in [0, 0.1) is 6.92 Å². The second-order valence-corrected chi connectivity index (χ2v) is 3.76. The van der Waals surface area contributed by atoms with E-state index in [0.717, 1.165) is 5.56 Å². The Hall–Kier alpha value is -2.16. The lowest BCUT2D eigenvalue weighted by molar-refractivity contribution is 0.101. The van der Waals surface area contributed by atoms with Gasteiger partial charge in [-0.2, -0.15) is 0 Å². The van der Waals surface area contributed by atoms with Crippen LogP contribution < -0.4 is 0 Å². The van der Waals surface area contributed by atoms with Gasteiger partial charge < -0.3 is 4.42 Å². The lowest BCUT2D eigenvalue weighted by Gasteiger charge is -1.89. The zero-order chi connectivity index (χ0) is 12.3. The van der Waals surface area contributed by atoms with Gasteiger partial charge in [0.1, 0.15) is 11.5 Å². The van der Waals surface area contributed by atoms with Crippen LogP contribution >= 0.6 is 0 Å². The van der Waals surface area contributed by atoms with Gasteiger partial charge in [-0.15, -0.1) is 0 Å². The average Bonchev–Trinajstić information content (AvgIpc) is 2.69. The molecule has 0 saturated carbocycles. The van der Waals surface area contributed by atoms with Crippen LogP contribution in [-0.2, 0) is 0 Å². The SMILES string of the molecule is CC(=O)c1nc(C=Cc2ccccc2)oc1C. The Bertz CT molecular complexity index is 553. The van der Waals surface area contributed by atoms with Crippen LogP contribution in [0.5, 0.6) is 0 Å². The molecule has 0 amide bonds. The van der Waals surface area contributed by atoms with Crippen molar-refractivity contribution in [1.82, 2.24) is 4.98 Å². The summed E-state index contributed by atoms with van der Waals surface area (Å²) in [6.07, 6.45) is 3.66. The lowest BCUT2D eigenvalue weighted by atomic mass is 10.2. The number of hydrogen-bond acceptors (Lipinski definition) is 3. The van der Waals surface area contributed by atoms with E-state index in [2.05, 4.69) is 4.98 Å². The molecule has 17 heavy (non-hydrogen) atoms. The fourth-order valence-electron chi connectivity index (χ4n) is 1.55. The summed E-state index contributed by atoms with van der Waals surface area (Å²) in [4.78, 5) is 15.3. The Labute approximate surface area is 99.8 Å². The Balaban J connectivity index is 2.22. The summed E-state index contributed by atoms with van der Waals surface area (Å²) in [5.74, 6) is 0.937. The molecule has 2 rings (SSSR count). The highest BCUT2D eigenvalue weighted by Crippen LogP contribution is 2.13. The third-order valence-corrected chi connectivity index (χ3v) is 2.36. The van der Waals surface area contributed by atoms with Crippen molar-refractivity contribution in [2.24, 2.45) is 0 Å². The highest BCUT2D eigenvalue weighted by molar-refractivity contribution is 5.93. The molecule has 2 aromatic rings. The molecular formula is C14H13NO2. The standard InChI is InChI=1S/C14H13NO2/c1-10(16)14-11(2)17-13(15-14)9-8-12-6-4-3-5-7-12/h3-9H,1-2H3. The van der Waals surface area contributed by atoms with Crippen molar-refractivity contribution < 1.29 is 9.21 Å². The minimum absolute atomic E-state index is 0.0781. The van der Waals surface area contributed by atoms with Gasteiger partial charge in [0.2, 0.25) is 5.89 Å². The number of carbonyl (C=O) groups excluding carboxylic acids is 1. The summed E-state index contributed by atoms with van der Waals surface area (Å²) >= 11 is 0. The van der Waals surface area contributed by atoms with Gasteiger partial charge in [-0.3, -0.25) is 4.79 Å². The first-order valence-corrected chi connectivity index (χ1v) is 5.38. The Kier molecular flexibility index (Phi) is 3.19. The van der Waals surface area contributed by atoms with Crippen molar-refractivity contribution in [3.8, 4) is 0 Å². The molecule has 0 aliphatic rings. The third-order valence-electron chi connectivity index (χ3n) is 2.36. The maximum absolute atomic E-state index is 11.2. The van der Waals surface area contributed by atoms with Crippen LogP contribution in [0.3, 0.4) is 0 Å². The van der Waals surface area contributed by atoms with Gasteiger partial charge >= 0.3 is 0 Å². The number of hydrogen-bond donors (Lipinski definition) is 0. The summed E-state index contributed by atoms with van der Waals surface area (Å²) in [6, 6.07) is 9.85. The van der Waals surface area contributed by atoms with E-state index in [4.69, 9.17) is 4.42 Å². The molecule has 0 aliphatic carbocycles. The number of ketones is 1. The predicted molar refractivity (Wildman–Crippen MR) is 66.6 cm³/mol. The molecule has 0 bridgehead atoms. The molecular weight excluding hydrogens is 214 g/mol. The minimum atomic E-state index is -0.0781. The molecule has 0 atom stereocenters. The number of rotatable bonds is 3. The van der Waals surface area contributed by atoms with E-state index in [9.17, 15) is 4.79 Å². The summed E-state index contributed by atoms with van der Waals surface area (Å²) in [6.45, 7) is 3.22. The number of carbonyl (C=O) groups is 1. The van der Waals surface area contributed by atoms with Crippen molar-refractivity contribution in [2.45, 2.75) is 13.8 Å². The smallest absolute Gasteiger partial charge is 0.219 e. The molecule has 1 heterocycles. The number of nitrogens with zero attached hydrogens (tertiary/aromatic N) is 1. The largest absolute Gasteiger partial charge is 0.441 e. The van der Waals surface area contributed by atoms with Gasteiger partial charge in [-0.05, 0) is 18.6 Å². The van der Waals surface area contributed by atoms with Crippen LogP contribution in [-0.4, -0.2) is 10.8 Å². The van der Waals surface area contributed by atoms with E-state index in [1.807, 2.05) is 36.4 Å². The highest BCUT2D eigenvalue weighted by atomic mass is 16.4. The molecule has 0 fully saturated rings. The average molecular weight is 227 g/mol. The molecule has 0 radical (unpaired) electrons. The summed E-state index contributed by atoms with van der Waals surface area (Å²) in [5.41, 5.74) is 1.46. The van der Waals surface area contributed by atoms with Gasteiger partial charge in [0.15, 0.2) is 5.78 Å². The maximum Gasteiger partial charge on any atom is 0.219 e. The first-order valence-electron chi connectivity index (χ1n) is 5.38. The fourth-order valence-corrected chi connectivity index (χ4v) is 1.55. The van der Waals surface area contributed by atoms with Gasteiger partial charge in [0.05, 0.1) is 0 Å². The molecule has 3 nitrogen and oxygen atoms in total. The fraction of sp³-hybridized carbons (Fsp3) is 0.143. The number of aromatic nitrogens is 1. The lowest BCUT2D eigenvalue weighted by Crippen LogP contribution is -1.94. The molecule has 1 aromatic carbocycles. The van der Waals surface area contributed by atoms with Crippen molar-refractivity contribution in [1.29, 1.82) is 0 Å². The van der Waals surface area contributed by atoms with E-state index in [0.29, 0.717) is 17.3 Å². The van der Waals surface area contributed by atoms with Crippen molar-refractivity contribution in [3.63, 3.8) is 0 Å². The number of Topliss-reactive ketones (excluding diaryl/α,β-unsaturated/α-hetero) is 1. The van der Waals surface area contributed by atoms with Crippen molar-refractivity contribution in [3.05, 3.63) is 53.2 Å². The zero-order valence-electron chi connectivity index (χ0n) is 9.81. The molecule has 1 aromatic heterocycles. The Morgan fingerprint density at radius 3 is 2.53 bits per heavy atom. The first-order chi connectivity index (χ1) is 8.16. The van der Waals surface area contributed by atoms with Crippen molar-refractivity contribution in [2.75, 3.05) is 0 Å². The zero-order valence-corrected chi connectivity index (χ0v) is 9.81. The molecule has 0 N–H and O–H groups in total. The van der Waals surface area contributed by atoms with E-state index in [1.165, 1.54) is 6.92 Å². The summed E-state index contributed by atoms with van der Waals surface area (Å²) < 4.78 is 5.38. The first kappa shape index (κ1) is 11.3. The van der Waals surface area contributed by atoms with Gasteiger partial charge in [0.25, 0.3) is 0 Å². The van der Waals surface area contributed by atoms with Crippen LogP contribution in [0.4, 0.5) is 0 Å². The van der Waals surface area contributed by atoms with E-state index >= 15 is 0 Å². The molecule has 0 aliphatic heterocycles. The molecule has 86 valence electrons. The number of benzene rings is 1. The normalized spacial score (nSPS) is 10.9. The summed E-state index contributed by atoms with van der Waals surface area (Å²) in [7, 11) is 0. The molecule has 3 heteroatoms. The van der Waals surface area contributed by atoms with E-state index < -0.39 is 0 Å². The van der Waals surface area contributed by atoms with E-state index in [1.54, 1.807) is 13.0 Å². The Morgan fingerprint density at radius 1 is 1.24 bits per heavy atom. The number of aryl methyl sites for hydroxylation is 1. The van der Waals surface area contributed by atoms with Crippen LogP contribution in [0.1, 0.15) is 34.6 Å². The second kappa shape index (κ2) is 4.78. The van der Waals surface area contributed by atoms with Gasteiger partial charge in [-0.1, -0.05) is 30.3 Å². The molecule has 0 saturated heterocycles. The Morgan fingerprint density at radius 2 is 1.94 bits per heavy atom. The highest BCUT2D eigenvalue weighted by Gasteiger charge is 2.11. The van der Waals surface area contributed by atoms with Crippen molar-refractivity contribution >= 4 is 17.9 Å². The molecule has 0 spiro atoms. The van der Waals surface area contributed by atoms with E-state index in [-0.39, 0.29) is 5.78 Å².